The van der Waals surface area contributed by atoms with Crippen molar-refractivity contribution in [2.75, 3.05) is 0 Å². The van der Waals surface area contributed by atoms with Crippen molar-refractivity contribution in [3.05, 3.63) is 11.6 Å². The summed E-state index contributed by atoms with van der Waals surface area (Å²) in [7, 11) is 0. The van der Waals surface area contributed by atoms with Crippen LogP contribution in [0.4, 0.5) is 0 Å². The van der Waals surface area contributed by atoms with Gasteiger partial charge in [-0.2, -0.15) is 0 Å². The van der Waals surface area contributed by atoms with E-state index in [1.54, 1.807) is 12.5 Å². The van der Waals surface area contributed by atoms with Crippen LogP contribution in [-0.2, 0) is 9.53 Å². The highest BCUT2D eigenvalue weighted by Crippen LogP contribution is 2.67. The maximum atomic E-state index is 11.4. The molecule has 0 bridgehead atoms. The highest BCUT2D eigenvalue weighted by Gasteiger charge is 2.59. The molecule has 2 nitrogen and oxygen atoms in total. The summed E-state index contributed by atoms with van der Waals surface area (Å²) >= 11 is 0. The Hall–Kier alpha value is -0.790. The maximum Gasteiger partial charge on any atom is 0.302 e. The van der Waals surface area contributed by atoms with Crippen LogP contribution in [0.1, 0.15) is 85.5 Å². The van der Waals surface area contributed by atoms with Crippen LogP contribution in [0.2, 0.25) is 0 Å². The van der Waals surface area contributed by atoms with Gasteiger partial charge in [0.2, 0.25) is 0 Å². The van der Waals surface area contributed by atoms with Crippen LogP contribution >= 0.6 is 0 Å². The highest BCUT2D eigenvalue weighted by atomic mass is 16.5. The molecule has 4 rings (SSSR count). The zero-order chi connectivity index (χ0) is 17.8. The lowest BCUT2D eigenvalue weighted by Gasteiger charge is -2.60. The second kappa shape index (κ2) is 6.13. The Balaban J connectivity index is 1.55. The molecule has 0 aromatic heterocycles. The lowest BCUT2D eigenvalue weighted by Crippen LogP contribution is -2.53. The van der Waals surface area contributed by atoms with Gasteiger partial charge in [-0.3, -0.25) is 4.79 Å². The average Bonchev–Trinajstić information content (AvgIpc) is 2.91. The van der Waals surface area contributed by atoms with Crippen molar-refractivity contribution in [1.29, 1.82) is 0 Å². The van der Waals surface area contributed by atoms with E-state index in [9.17, 15) is 4.79 Å². The second-order valence-electron chi connectivity index (χ2n) is 9.97. The van der Waals surface area contributed by atoms with E-state index in [1.165, 1.54) is 44.9 Å². The number of esters is 1. The first-order chi connectivity index (χ1) is 11.9. The molecule has 4 aliphatic carbocycles. The summed E-state index contributed by atoms with van der Waals surface area (Å²) in [5.41, 5.74) is 2.73. The van der Waals surface area contributed by atoms with Crippen molar-refractivity contribution >= 4 is 5.97 Å². The molecule has 0 spiro atoms. The first-order valence-corrected chi connectivity index (χ1v) is 10.7. The Morgan fingerprint density at radius 2 is 1.88 bits per heavy atom. The van der Waals surface area contributed by atoms with E-state index in [-0.39, 0.29) is 12.1 Å². The van der Waals surface area contributed by atoms with Gasteiger partial charge in [0.1, 0.15) is 6.10 Å². The minimum atomic E-state index is -0.0967. The number of hydrogen-bond donors (Lipinski definition) is 0. The quantitative estimate of drug-likeness (QED) is 0.437. The molecule has 0 N–H and O–H groups in total. The fourth-order valence-corrected chi connectivity index (χ4v) is 7.88. The molecule has 7 atom stereocenters. The van der Waals surface area contributed by atoms with E-state index < -0.39 is 0 Å². The predicted octanol–water partition coefficient (Wildman–Crippen LogP) is 5.91. The molecule has 4 aliphatic rings. The zero-order valence-corrected chi connectivity index (χ0v) is 16.6. The van der Waals surface area contributed by atoms with E-state index in [0.717, 1.165) is 36.5 Å². The van der Waals surface area contributed by atoms with Gasteiger partial charge in [0.05, 0.1) is 0 Å². The van der Waals surface area contributed by atoms with Crippen molar-refractivity contribution < 1.29 is 9.53 Å². The molecule has 25 heavy (non-hydrogen) atoms. The van der Waals surface area contributed by atoms with Crippen molar-refractivity contribution in [1.82, 2.24) is 0 Å². The molecular formula is C23H36O2. The number of carbonyl (C=O) groups excluding carboxylic acids is 1. The Kier molecular flexibility index (Phi) is 4.32. The van der Waals surface area contributed by atoms with E-state index >= 15 is 0 Å². The number of rotatable bonds is 1. The van der Waals surface area contributed by atoms with Gasteiger partial charge in [-0.05, 0) is 99.2 Å². The molecule has 0 amide bonds. The lowest BCUT2D eigenvalue weighted by atomic mass is 9.45. The van der Waals surface area contributed by atoms with Crippen LogP contribution in [0.3, 0.4) is 0 Å². The van der Waals surface area contributed by atoms with Crippen molar-refractivity contribution in [3.8, 4) is 0 Å². The van der Waals surface area contributed by atoms with Gasteiger partial charge in [0, 0.05) is 6.92 Å². The molecule has 0 aromatic rings. The maximum absolute atomic E-state index is 11.4. The second-order valence-corrected chi connectivity index (χ2v) is 9.97. The van der Waals surface area contributed by atoms with Crippen LogP contribution in [0.5, 0.6) is 0 Å². The fraction of sp³-hybridized carbons (Fsp3) is 0.870. The summed E-state index contributed by atoms with van der Waals surface area (Å²) < 4.78 is 5.59. The van der Waals surface area contributed by atoms with Crippen LogP contribution in [-0.4, -0.2) is 12.1 Å². The molecule has 4 saturated carbocycles. The molecule has 4 fully saturated rings. The van der Waals surface area contributed by atoms with E-state index in [2.05, 4.69) is 26.8 Å². The third-order valence-electron chi connectivity index (χ3n) is 9.15. The largest absolute Gasteiger partial charge is 0.463 e. The molecule has 0 aromatic carbocycles. The first kappa shape index (κ1) is 17.6. The Labute approximate surface area is 153 Å². The smallest absolute Gasteiger partial charge is 0.302 e. The van der Waals surface area contributed by atoms with E-state index in [4.69, 9.17) is 4.74 Å². The zero-order valence-electron chi connectivity index (χ0n) is 16.6. The normalized spacial score (nSPS) is 50.7. The third kappa shape index (κ3) is 2.61. The van der Waals surface area contributed by atoms with Gasteiger partial charge in [-0.25, -0.2) is 0 Å². The number of carbonyl (C=O) groups is 1. The predicted molar refractivity (Wildman–Crippen MR) is 101 cm³/mol. The van der Waals surface area contributed by atoms with Gasteiger partial charge in [0.15, 0.2) is 0 Å². The summed E-state index contributed by atoms with van der Waals surface area (Å²) in [6.45, 7) is 8.98. The van der Waals surface area contributed by atoms with Crippen LogP contribution in [0.15, 0.2) is 11.6 Å². The van der Waals surface area contributed by atoms with Gasteiger partial charge < -0.3 is 4.74 Å². The Morgan fingerprint density at radius 3 is 2.60 bits per heavy atom. The van der Waals surface area contributed by atoms with E-state index in [1.807, 2.05) is 0 Å². The summed E-state index contributed by atoms with van der Waals surface area (Å²) in [6.07, 6.45) is 14.4. The molecule has 140 valence electrons. The number of fused-ring (bicyclic) bond motifs is 5. The number of allylic oxidation sites excluding steroid dienone is 2. The standard InChI is InChI=1S/C23H36O2/c1-5-16-7-9-20-19-8-6-17-14-18(25-15(2)24)10-12-23(17,4)21(19)11-13-22(16,20)3/h5,17-21H,6-14H2,1-4H3/b16-5+/t17-,18+,19-,20+,21-,22-,23-/m0/s1. The molecule has 0 heterocycles. The van der Waals surface area contributed by atoms with Gasteiger partial charge >= 0.3 is 5.97 Å². The van der Waals surface area contributed by atoms with Crippen LogP contribution < -0.4 is 0 Å². The fourth-order valence-electron chi connectivity index (χ4n) is 7.88. The van der Waals surface area contributed by atoms with Crippen LogP contribution in [0, 0.1) is 34.5 Å². The Bertz CT molecular complexity index is 579. The van der Waals surface area contributed by atoms with Crippen LogP contribution in [0.25, 0.3) is 0 Å². The summed E-state index contributed by atoms with van der Waals surface area (Å²) in [5.74, 6) is 3.42. The number of hydrogen-bond acceptors (Lipinski definition) is 2. The molecule has 0 aliphatic heterocycles. The average molecular weight is 345 g/mol. The molecule has 0 unspecified atom stereocenters. The first-order valence-electron chi connectivity index (χ1n) is 10.7. The van der Waals surface area contributed by atoms with Crippen molar-refractivity contribution in [2.45, 2.75) is 91.6 Å². The number of ether oxygens (including phenoxy) is 1. The lowest BCUT2D eigenvalue weighted by molar-refractivity contribution is -0.158. The Morgan fingerprint density at radius 1 is 1.08 bits per heavy atom. The van der Waals surface area contributed by atoms with Crippen molar-refractivity contribution in [2.24, 2.45) is 34.5 Å². The summed E-state index contributed by atoms with van der Waals surface area (Å²) in [6, 6.07) is 0. The van der Waals surface area contributed by atoms with Gasteiger partial charge in [-0.1, -0.05) is 25.5 Å². The van der Waals surface area contributed by atoms with E-state index in [0.29, 0.717) is 10.8 Å². The summed E-state index contributed by atoms with van der Waals surface area (Å²) in [4.78, 5) is 11.4. The third-order valence-corrected chi connectivity index (χ3v) is 9.15. The molecular weight excluding hydrogens is 308 g/mol. The monoisotopic (exact) mass is 344 g/mol. The highest BCUT2D eigenvalue weighted by molar-refractivity contribution is 5.66. The molecule has 0 radical (unpaired) electrons. The minimum Gasteiger partial charge on any atom is -0.463 e. The SMILES string of the molecule is C/C=C1\CC[C@@H]2[C@@H]3CC[C@H]4C[C@H](OC(C)=O)CC[C@]4(C)[C@H]3CC[C@@]12C. The molecule has 2 heteroatoms. The van der Waals surface area contributed by atoms with Crippen molar-refractivity contribution in [3.63, 3.8) is 0 Å². The van der Waals surface area contributed by atoms with Gasteiger partial charge in [-0.15, -0.1) is 0 Å². The summed E-state index contributed by atoms with van der Waals surface area (Å²) in [5, 5.41) is 0. The minimum absolute atomic E-state index is 0.0967. The topological polar surface area (TPSA) is 26.3 Å². The molecule has 0 saturated heterocycles. The van der Waals surface area contributed by atoms with Gasteiger partial charge in [0.25, 0.3) is 0 Å².